The molecule has 0 unspecified atom stereocenters. The molecule has 1 amide bonds. The lowest BCUT2D eigenvalue weighted by molar-refractivity contribution is 0.0918. The molecule has 0 bridgehead atoms. The van der Waals surface area contributed by atoms with E-state index in [1.165, 1.54) is 6.26 Å². The molecule has 0 aliphatic heterocycles. The van der Waals surface area contributed by atoms with Crippen LogP contribution in [0.5, 0.6) is 0 Å². The molecule has 0 aliphatic carbocycles. The van der Waals surface area contributed by atoms with Crippen molar-refractivity contribution >= 4 is 23.1 Å². The minimum atomic E-state index is -0.615. The van der Waals surface area contributed by atoms with E-state index in [2.05, 4.69) is 5.32 Å². The van der Waals surface area contributed by atoms with Crippen LogP contribution in [0.15, 0.2) is 16.7 Å². The van der Waals surface area contributed by atoms with Crippen molar-refractivity contribution in [3.63, 3.8) is 0 Å². The van der Waals surface area contributed by atoms with Crippen molar-refractivity contribution in [2.45, 2.75) is 39.2 Å². The number of amides is 1. The van der Waals surface area contributed by atoms with Crippen molar-refractivity contribution in [3.05, 3.63) is 23.7 Å². The van der Waals surface area contributed by atoms with E-state index in [-0.39, 0.29) is 5.91 Å². The van der Waals surface area contributed by atoms with Gasteiger partial charge in [-0.05, 0) is 25.8 Å². The number of hydrogen-bond acceptors (Lipinski definition) is 3. The number of nitrogens with two attached hydrogens (primary N) is 1. The van der Waals surface area contributed by atoms with Gasteiger partial charge in [-0.3, -0.25) is 4.79 Å². The molecular formula is C12H18N2O2S. The summed E-state index contributed by atoms with van der Waals surface area (Å²) < 4.78 is 5.10. The molecule has 1 rings (SSSR count). The maximum atomic E-state index is 12.1. The molecular weight excluding hydrogens is 236 g/mol. The molecule has 0 fully saturated rings. The average Bonchev–Trinajstić information content (AvgIpc) is 2.72. The second-order valence-corrected chi connectivity index (χ2v) is 4.44. The summed E-state index contributed by atoms with van der Waals surface area (Å²) in [6.07, 6.45) is 2.83. The Balaban J connectivity index is 2.93. The van der Waals surface area contributed by atoms with Crippen molar-refractivity contribution in [1.82, 2.24) is 5.32 Å². The molecule has 0 saturated heterocycles. The predicted octanol–water partition coefficient (Wildman–Crippen LogP) is 2.16. The fourth-order valence-electron chi connectivity index (χ4n) is 1.74. The SMILES string of the molecule is CCC(CC)(NC(=O)c1ccoc1C)C(N)=S. The molecule has 5 heteroatoms. The molecule has 0 aliphatic rings. The van der Waals surface area contributed by atoms with Gasteiger partial charge in [0.2, 0.25) is 0 Å². The Morgan fingerprint density at radius 1 is 1.53 bits per heavy atom. The van der Waals surface area contributed by atoms with Crippen molar-refractivity contribution < 1.29 is 9.21 Å². The van der Waals surface area contributed by atoms with Crippen molar-refractivity contribution in [2.24, 2.45) is 5.73 Å². The van der Waals surface area contributed by atoms with E-state index in [0.717, 1.165) is 0 Å². The topological polar surface area (TPSA) is 68.3 Å². The fraction of sp³-hybridized carbons (Fsp3) is 0.500. The van der Waals surface area contributed by atoms with E-state index in [0.29, 0.717) is 29.2 Å². The lowest BCUT2D eigenvalue weighted by Crippen LogP contribution is -2.56. The molecule has 4 nitrogen and oxygen atoms in total. The Hall–Kier alpha value is -1.36. The van der Waals surface area contributed by atoms with Crippen molar-refractivity contribution in [2.75, 3.05) is 0 Å². The molecule has 0 saturated carbocycles. The van der Waals surface area contributed by atoms with Gasteiger partial charge < -0.3 is 15.5 Å². The van der Waals surface area contributed by atoms with Gasteiger partial charge in [-0.2, -0.15) is 0 Å². The van der Waals surface area contributed by atoms with Crippen LogP contribution in [-0.4, -0.2) is 16.4 Å². The number of furan rings is 1. The average molecular weight is 254 g/mol. The summed E-state index contributed by atoms with van der Waals surface area (Å²) in [5.74, 6) is 0.388. The first-order valence-electron chi connectivity index (χ1n) is 5.63. The van der Waals surface area contributed by atoms with Crippen LogP contribution < -0.4 is 11.1 Å². The summed E-state index contributed by atoms with van der Waals surface area (Å²) in [6, 6.07) is 1.64. The Kier molecular flexibility index (Phi) is 4.28. The number of thiocarbonyl (C=S) groups is 1. The number of nitrogens with one attached hydrogen (secondary N) is 1. The number of aryl methyl sites for hydroxylation is 1. The molecule has 1 aromatic rings. The summed E-state index contributed by atoms with van der Waals surface area (Å²) in [5, 5.41) is 2.91. The van der Waals surface area contributed by atoms with Crippen molar-refractivity contribution in [3.8, 4) is 0 Å². The first-order valence-corrected chi connectivity index (χ1v) is 6.04. The third-order valence-corrected chi connectivity index (χ3v) is 3.53. The molecule has 0 aromatic carbocycles. The lowest BCUT2D eigenvalue weighted by Gasteiger charge is -2.31. The summed E-state index contributed by atoms with van der Waals surface area (Å²) >= 11 is 5.05. The molecule has 1 aromatic heterocycles. The van der Waals surface area contributed by atoms with E-state index in [9.17, 15) is 4.79 Å². The third kappa shape index (κ3) is 2.66. The number of carbonyl (C=O) groups excluding carboxylic acids is 1. The highest BCUT2D eigenvalue weighted by atomic mass is 32.1. The Bertz CT molecular complexity index is 422. The zero-order chi connectivity index (χ0) is 13.1. The van der Waals surface area contributed by atoms with Gasteiger partial charge in [-0.1, -0.05) is 26.1 Å². The van der Waals surface area contributed by atoms with Gasteiger partial charge in [-0.15, -0.1) is 0 Å². The van der Waals surface area contributed by atoms with E-state index < -0.39 is 5.54 Å². The highest BCUT2D eigenvalue weighted by Crippen LogP contribution is 2.18. The van der Waals surface area contributed by atoms with E-state index >= 15 is 0 Å². The molecule has 1 heterocycles. The molecule has 3 N–H and O–H groups in total. The minimum absolute atomic E-state index is 0.201. The van der Waals surface area contributed by atoms with Crippen LogP contribution in [0.1, 0.15) is 42.8 Å². The summed E-state index contributed by atoms with van der Waals surface area (Å²) in [7, 11) is 0. The van der Waals surface area contributed by atoms with Crippen LogP contribution in [0.25, 0.3) is 0 Å². The maximum Gasteiger partial charge on any atom is 0.255 e. The molecule has 94 valence electrons. The minimum Gasteiger partial charge on any atom is -0.469 e. The highest BCUT2D eigenvalue weighted by Gasteiger charge is 2.32. The quantitative estimate of drug-likeness (QED) is 0.790. The van der Waals surface area contributed by atoms with Crippen LogP contribution in [0.2, 0.25) is 0 Å². The third-order valence-electron chi connectivity index (χ3n) is 3.14. The zero-order valence-corrected chi connectivity index (χ0v) is 11.2. The van der Waals surface area contributed by atoms with Gasteiger partial charge in [0.05, 0.1) is 22.4 Å². The number of hydrogen-bond donors (Lipinski definition) is 2. The van der Waals surface area contributed by atoms with Crippen molar-refractivity contribution in [1.29, 1.82) is 0 Å². The standard InChI is InChI=1S/C12H18N2O2S/c1-4-12(5-2,11(13)17)14-10(15)9-6-7-16-8(9)3/h6-7H,4-5H2,1-3H3,(H2,13,17)(H,14,15). The Morgan fingerprint density at radius 2 is 2.12 bits per heavy atom. The molecule has 0 radical (unpaired) electrons. The predicted molar refractivity (Wildman–Crippen MR) is 71.0 cm³/mol. The largest absolute Gasteiger partial charge is 0.469 e. The first kappa shape index (κ1) is 13.7. The van der Waals surface area contributed by atoms with Crippen LogP contribution in [0.4, 0.5) is 0 Å². The van der Waals surface area contributed by atoms with E-state index in [1.807, 2.05) is 13.8 Å². The van der Waals surface area contributed by atoms with Crippen LogP contribution in [0.3, 0.4) is 0 Å². The van der Waals surface area contributed by atoms with Gasteiger partial charge in [0.1, 0.15) is 5.76 Å². The normalized spacial score (nSPS) is 11.2. The number of rotatable bonds is 5. The Morgan fingerprint density at radius 3 is 2.47 bits per heavy atom. The zero-order valence-electron chi connectivity index (χ0n) is 10.4. The van der Waals surface area contributed by atoms with E-state index in [1.54, 1.807) is 13.0 Å². The number of carbonyl (C=O) groups is 1. The Labute approximate surface area is 107 Å². The van der Waals surface area contributed by atoms with E-state index in [4.69, 9.17) is 22.4 Å². The monoisotopic (exact) mass is 254 g/mol. The van der Waals surface area contributed by atoms with Gasteiger partial charge in [0.25, 0.3) is 5.91 Å². The molecule has 0 atom stereocenters. The fourth-order valence-corrected chi connectivity index (χ4v) is 2.08. The second-order valence-electron chi connectivity index (χ2n) is 4.00. The van der Waals surface area contributed by atoms with Crippen LogP contribution in [0, 0.1) is 6.92 Å². The lowest BCUT2D eigenvalue weighted by atomic mass is 9.92. The maximum absolute atomic E-state index is 12.1. The smallest absolute Gasteiger partial charge is 0.255 e. The summed E-state index contributed by atoms with van der Waals surface area (Å²) in [5.41, 5.74) is 5.63. The summed E-state index contributed by atoms with van der Waals surface area (Å²) in [4.78, 5) is 12.4. The van der Waals surface area contributed by atoms with Gasteiger partial charge in [-0.25, -0.2) is 0 Å². The van der Waals surface area contributed by atoms with Crippen LogP contribution >= 0.6 is 12.2 Å². The first-order chi connectivity index (χ1) is 7.96. The molecule has 0 spiro atoms. The van der Waals surface area contributed by atoms with Gasteiger partial charge >= 0.3 is 0 Å². The van der Waals surface area contributed by atoms with Gasteiger partial charge in [0.15, 0.2) is 0 Å². The van der Waals surface area contributed by atoms with Gasteiger partial charge in [0, 0.05) is 0 Å². The highest BCUT2D eigenvalue weighted by molar-refractivity contribution is 7.80. The summed E-state index contributed by atoms with van der Waals surface area (Å²) in [6.45, 7) is 5.64. The molecule has 17 heavy (non-hydrogen) atoms. The van der Waals surface area contributed by atoms with Crippen LogP contribution in [-0.2, 0) is 0 Å². The second kappa shape index (κ2) is 5.31.